The molecule has 1 aliphatic rings. The highest BCUT2D eigenvalue weighted by molar-refractivity contribution is 7.13. The zero-order valence-corrected chi connectivity index (χ0v) is 14.5. The van der Waals surface area contributed by atoms with Gasteiger partial charge in [-0.1, -0.05) is 33.6 Å². The summed E-state index contributed by atoms with van der Waals surface area (Å²) in [5.74, 6) is 0.0770. The van der Waals surface area contributed by atoms with Crippen molar-refractivity contribution in [2.75, 3.05) is 18.4 Å². The fourth-order valence-corrected chi connectivity index (χ4v) is 3.02. The number of aromatic nitrogens is 1. The Kier molecular flexibility index (Phi) is 5.56. The molecule has 0 spiro atoms. The Morgan fingerprint density at radius 1 is 1.23 bits per heavy atom. The van der Waals surface area contributed by atoms with Gasteiger partial charge in [0.1, 0.15) is 0 Å². The van der Waals surface area contributed by atoms with Crippen molar-refractivity contribution in [3.63, 3.8) is 0 Å². The maximum Gasteiger partial charge on any atom is 0.231 e. The van der Waals surface area contributed by atoms with Crippen LogP contribution in [0.4, 0.5) is 5.13 Å². The predicted octanol–water partition coefficient (Wildman–Crippen LogP) is 3.07. The van der Waals surface area contributed by atoms with Gasteiger partial charge >= 0.3 is 0 Å². The summed E-state index contributed by atoms with van der Waals surface area (Å²) >= 11 is 1.37. The van der Waals surface area contributed by atoms with Gasteiger partial charge in [0.25, 0.3) is 0 Å². The van der Waals surface area contributed by atoms with Gasteiger partial charge < -0.3 is 10.2 Å². The summed E-state index contributed by atoms with van der Waals surface area (Å²) in [6, 6.07) is 0. The van der Waals surface area contributed by atoms with Gasteiger partial charge in [-0.3, -0.25) is 9.59 Å². The highest BCUT2D eigenvalue weighted by Gasteiger charge is 2.22. The molecule has 1 aromatic heterocycles. The van der Waals surface area contributed by atoms with Crippen molar-refractivity contribution in [3.8, 4) is 0 Å². The van der Waals surface area contributed by atoms with Gasteiger partial charge in [0.05, 0.1) is 12.1 Å². The number of carbonyl (C=O) groups excluding carboxylic acids is 2. The molecule has 0 radical (unpaired) electrons. The number of anilines is 1. The monoisotopic (exact) mass is 323 g/mol. The van der Waals surface area contributed by atoms with Gasteiger partial charge in [-0.15, -0.1) is 11.3 Å². The number of amides is 2. The number of thiazole rings is 1. The van der Waals surface area contributed by atoms with Gasteiger partial charge in [0.15, 0.2) is 5.13 Å². The van der Waals surface area contributed by atoms with E-state index in [9.17, 15) is 9.59 Å². The number of carbonyl (C=O) groups is 2. The second kappa shape index (κ2) is 7.22. The van der Waals surface area contributed by atoms with E-state index in [2.05, 4.69) is 10.3 Å². The fraction of sp³-hybridized carbons (Fsp3) is 0.688. The highest BCUT2D eigenvalue weighted by Crippen LogP contribution is 2.21. The third-order valence-corrected chi connectivity index (χ3v) is 4.55. The minimum atomic E-state index is -0.451. The summed E-state index contributed by atoms with van der Waals surface area (Å²) in [7, 11) is 0. The fourth-order valence-electron chi connectivity index (χ4n) is 2.32. The minimum absolute atomic E-state index is 0.0627. The van der Waals surface area contributed by atoms with E-state index in [1.54, 1.807) is 0 Å². The molecule has 0 saturated carbocycles. The van der Waals surface area contributed by atoms with Gasteiger partial charge in [0, 0.05) is 23.9 Å². The molecule has 22 heavy (non-hydrogen) atoms. The molecule has 2 rings (SSSR count). The van der Waals surface area contributed by atoms with E-state index in [-0.39, 0.29) is 11.8 Å². The number of likely N-dealkylation sites (tertiary alicyclic amines) is 1. The van der Waals surface area contributed by atoms with Crippen LogP contribution in [0, 0.1) is 5.41 Å². The van der Waals surface area contributed by atoms with Crippen LogP contribution in [0.25, 0.3) is 0 Å². The Labute approximate surface area is 136 Å². The van der Waals surface area contributed by atoms with Crippen molar-refractivity contribution < 1.29 is 9.59 Å². The Balaban J connectivity index is 1.91. The molecule has 5 nitrogen and oxygen atoms in total. The lowest BCUT2D eigenvalue weighted by molar-refractivity contribution is -0.130. The molecular formula is C16H25N3O2S. The average Bonchev–Trinajstić information content (AvgIpc) is 2.71. The smallest absolute Gasteiger partial charge is 0.231 e. The van der Waals surface area contributed by atoms with E-state index >= 15 is 0 Å². The number of hydrogen-bond acceptors (Lipinski definition) is 4. The molecule has 122 valence electrons. The van der Waals surface area contributed by atoms with Gasteiger partial charge in [-0.2, -0.15) is 0 Å². The topological polar surface area (TPSA) is 62.3 Å². The summed E-state index contributed by atoms with van der Waals surface area (Å²) in [6.45, 7) is 7.30. The molecule has 6 heteroatoms. The molecule has 0 bridgehead atoms. The number of hydrogen-bond donors (Lipinski definition) is 1. The predicted molar refractivity (Wildman–Crippen MR) is 89.0 cm³/mol. The molecular weight excluding hydrogens is 298 g/mol. The SMILES string of the molecule is CC(C)(C)C(=O)Nc1nc(CC(=O)N2CCCCCC2)cs1. The zero-order valence-electron chi connectivity index (χ0n) is 13.6. The maximum atomic E-state index is 12.3. The maximum absolute atomic E-state index is 12.3. The summed E-state index contributed by atoms with van der Waals surface area (Å²) < 4.78 is 0. The molecule has 0 aliphatic carbocycles. The van der Waals surface area contributed by atoms with Crippen molar-refractivity contribution in [3.05, 3.63) is 11.1 Å². The lowest BCUT2D eigenvalue weighted by Crippen LogP contribution is -2.33. The van der Waals surface area contributed by atoms with Crippen LogP contribution in [0.5, 0.6) is 0 Å². The first-order valence-electron chi connectivity index (χ1n) is 7.90. The van der Waals surface area contributed by atoms with Crippen molar-refractivity contribution in [1.29, 1.82) is 0 Å². The number of rotatable bonds is 3. The van der Waals surface area contributed by atoms with Crippen LogP contribution < -0.4 is 5.32 Å². The van der Waals surface area contributed by atoms with Crippen LogP contribution in [0.3, 0.4) is 0 Å². The quantitative estimate of drug-likeness (QED) is 0.930. The van der Waals surface area contributed by atoms with Gasteiger partial charge in [0.2, 0.25) is 11.8 Å². The van der Waals surface area contributed by atoms with Crippen LogP contribution in [0.15, 0.2) is 5.38 Å². The average molecular weight is 323 g/mol. The minimum Gasteiger partial charge on any atom is -0.342 e. The lowest BCUT2D eigenvalue weighted by Gasteiger charge is -2.19. The molecule has 2 amide bonds. The molecule has 0 unspecified atom stereocenters. The van der Waals surface area contributed by atoms with Crippen molar-refractivity contribution in [2.45, 2.75) is 52.9 Å². The molecule has 1 aliphatic heterocycles. The second-order valence-electron chi connectivity index (χ2n) is 6.82. The Bertz CT molecular complexity index is 526. The van der Waals surface area contributed by atoms with Crippen molar-refractivity contribution >= 4 is 28.3 Å². The highest BCUT2D eigenvalue weighted by atomic mass is 32.1. The van der Waals surface area contributed by atoms with E-state index in [0.29, 0.717) is 11.6 Å². The van der Waals surface area contributed by atoms with Crippen LogP contribution in [0.1, 0.15) is 52.1 Å². The molecule has 1 N–H and O–H groups in total. The van der Waals surface area contributed by atoms with Crippen LogP contribution in [-0.2, 0) is 16.0 Å². The molecule has 1 aromatic rings. The first kappa shape index (κ1) is 16.9. The van der Waals surface area contributed by atoms with E-state index in [1.807, 2.05) is 31.1 Å². The first-order valence-corrected chi connectivity index (χ1v) is 8.78. The Morgan fingerprint density at radius 3 is 2.45 bits per heavy atom. The third kappa shape index (κ3) is 4.80. The summed E-state index contributed by atoms with van der Waals surface area (Å²) in [5.41, 5.74) is 0.289. The van der Waals surface area contributed by atoms with E-state index in [0.717, 1.165) is 31.6 Å². The van der Waals surface area contributed by atoms with Crippen molar-refractivity contribution in [2.24, 2.45) is 5.41 Å². The summed E-state index contributed by atoms with van der Waals surface area (Å²) in [4.78, 5) is 30.6. The van der Waals surface area contributed by atoms with Crippen molar-refractivity contribution in [1.82, 2.24) is 9.88 Å². The van der Waals surface area contributed by atoms with Crippen LogP contribution >= 0.6 is 11.3 Å². The summed E-state index contributed by atoms with van der Waals surface area (Å²) in [6.07, 6.45) is 4.93. The largest absolute Gasteiger partial charge is 0.342 e. The summed E-state index contributed by atoms with van der Waals surface area (Å²) in [5, 5.41) is 5.23. The molecule has 1 fully saturated rings. The number of nitrogens with zero attached hydrogens (tertiary/aromatic N) is 2. The molecule has 2 heterocycles. The zero-order chi connectivity index (χ0) is 16.2. The van der Waals surface area contributed by atoms with Crippen LogP contribution in [-0.4, -0.2) is 34.8 Å². The first-order chi connectivity index (χ1) is 10.4. The van der Waals surface area contributed by atoms with E-state index in [4.69, 9.17) is 0 Å². The molecule has 0 aromatic carbocycles. The number of nitrogens with one attached hydrogen (secondary N) is 1. The van der Waals surface area contributed by atoms with Gasteiger partial charge in [-0.05, 0) is 12.8 Å². The Morgan fingerprint density at radius 2 is 1.86 bits per heavy atom. The Hall–Kier alpha value is -1.43. The normalized spacial score (nSPS) is 16.2. The second-order valence-corrected chi connectivity index (χ2v) is 7.68. The van der Waals surface area contributed by atoms with E-state index in [1.165, 1.54) is 24.2 Å². The third-order valence-electron chi connectivity index (χ3n) is 3.74. The van der Waals surface area contributed by atoms with Gasteiger partial charge in [-0.25, -0.2) is 4.98 Å². The standard InChI is InChI=1S/C16H25N3O2S/c1-16(2,3)14(21)18-15-17-12(11-22-15)10-13(20)19-8-6-4-5-7-9-19/h11H,4-10H2,1-3H3,(H,17,18,21). The molecule has 1 saturated heterocycles. The van der Waals surface area contributed by atoms with E-state index < -0.39 is 5.41 Å². The van der Waals surface area contributed by atoms with Crippen LogP contribution in [0.2, 0.25) is 0 Å². The molecule has 0 atom stereocenters. The lowest BCUT2D eigenvalue weighted by atomic mass is 9.96.